The molecule has 20 heavy (non-hydrogen) atoms. The molecule has 1 saturated heterocycles. The van der Waals surface area contributed by atoms with Gasteiger partial charge in [-0.1, -0.05) is 19.3 Å². The summed E-state index contributed by atoms with van der Waals surface area (Å²) >= 11 is 0. The van der Waals surface area contributed by atoms with Crippen molar-refractivity contribution in [2.45, 2.75) is 70.1 Å². The van der Waals surface area contributed by atoms with Gasteiger partial charge in [-0.3, -0.25) is 0 Å². The molecule has 1 aliphatic heterocycles. The molecule has 5 nitrogen and oxygen atoms in total. The van der Waals surface area contributed by atoms with Crippen molar-refractivity contribution in [1.82, 2.24) is 10.6 Å². The average Bonchev–Trinajstić information content (AvgIpc) is 2.87. The third-order valence-electron chi connectivity index (χ3n) is 4.59. The van der Waals surface area contributed by atoms with Crippen LogP contribution in [0.5, 0.6) is 0 Å². The molecule has 1 heterocycles. The normalized spacial score (nSPS) is 32.4. The maximum atomic E-state index is 12.1. The number of urea groups is 1. The summed E-state index contributed by atoms with van der Waals surface area (Å²) in [5, 5.41) is 15.5. The smallest absolute Gasteiger partial charge is 0.315 e. The van der Waals surface area contributed by atoms with E-state index in [1.165, 1.54) is 6.42 Å². The molecule has 2 amide bonds. The van der Waals surface area contributed by atoms with E-state index < -0.39 is 0 Å². The van der Waals surface area contributed by atoms with Gasteiger partial charge in [0.05, 0.1) is 12.1 Å². The number of ether oxygens (including phenoxy) is 1. The van der Waals surface area contributed by atoms with Crippen LogP contribution in [0.3, 0.4) is 0 Å². The maximum Gasteiger partial charge on any atom is 0.315 e. The molecule has 0 aromatic carbocycles. The molecule has 0 spiro atoms. The SMILES string of the molecule is CC(NC(=O)NC1CCCCCC1CO)C1CCCO1. The minimum Gasteiger partial charge on any atom is -0.396 e. The van der Waals surface area contributed by atoms with Crippen LogP contribution in [0, 0.1) is 5.92 Å². The molecule has 0 radical (unpaired) electrons. The summed E-state index contributed by atoms with van der Waals surface area (Å²) in [6.07, 6.45) is 7.68. The Morgan fingerprint density at radius 2 is 2.05 bits per heavy atom. The number of aliphatic hydroxyl groups excluding tert-OH is 1. The van der Waals surface area contributed by atoms with E-state index in [0.717, 1.165) is 45.1 Å². The second-order valence-electron chi connectivity index (χ2n) is 6.15. The van der Waals surface area contributed by atoms with E-state index >= 15 is 0 Å². The molecule has 4 atom stereocenters. The Bertz CT molecular complexity index is 305. The van der Waals surface area contributed by atoms with Gasteiger partial charge in [-0.15, -0.1) is 0 Å². The summed E-state index contributed by atoms with van der Waals surface area (Å²) in [6.45, 7) is 2.95. The third-order valence-corrected chi connectivity index (χ3v) is 4.59. The minimum atomic E-state index is -0.127. The van der Waals surface area contributed by atoms with Crippen LogP contribution in [-0.4, -0.2) is 42.5 Å². The molecule has 2 aliphatic rings. The lowest BCUT2D eigenvalue weighted by Crippen LogP contribution is -2.51. The summed E-state index contributed by atoms with van der Waals surface area (Å²) in [5.41, 5.74) is 0. The van der Waals surface area contributed by atoms with Crippen LogP contribution in [0.15, 0.2) is 0 Å². The van der Waals surface area contributed by atoms with Crippen LogP contribution in [0.4, 0.5) is 4.79 Å². The van der Waals surface area contributed by atoms with Gasteiger partial charge in [0.1, 0.15) is 0 Å². The third kappa shape index (κ3) is 4.35. The van der Waals surface area contributed by atoms with Crippen molar-refractivity contribution in [3.05, 3.63) is 0 Å². The first-order valence-corrected chi connectivity index (χ1v) is 8.00. The van der Waals surface area contributed by atoms with Crippen molar-refractivity contribution in [3.63, 3.8) is 0 Å². The summed E-state index contributed by atoms with van der Waals surface area (Å²) in [7, 11) is 0. The highest BCUT2D eigenvalue weighted by Gasteiger charge is 2.27. The van der Waals surface area contributed by atoms with E-state index in [0.29, 0.717) is 0 Å². The fourth-order valence-corrected chi connectivity index (χ4v) is 3.30. The van der Waals surface area contributed by atoms with Crippen LogP contribution < -0.4 is 10.6 Å². The Morgan fingerprint density at radius 1 is 1.25 bits per heavy atom. The van der Waals surface area contributed by atoms with Crippen LogP contribution >= 0.6 is 0 Å². The monoisotopic (exact) mass is 284 g/mol. The molecular weight excluding hydrogens is 256 g/mol. The van der Waals surface area contributed by atoms with Gasteiger partial charge in [0.25, 0.3) is 0 Å². The van der Waals surface area contributed by atoms with Crippen molar-refractivity contribution in [3.8, 4) is 0 Å². The topological polar surface area (TPSA) is 70.6 Å². The maximum absolute atomic E-state index is 12.1. The number of hydrogen-bond acceptors (Lipinski definition) is 3. The quantitative estimate of drug-likeness (QED) is 0.689. The molecule has 0 aromatic rings. The Labute approximate surface area is 121 Å². The van der Waals surface area contributed by atoms with Gasteiger partial charge in [-0.2, -0.15) is 0 Å². The lowest BCUT2D eigenvalue weighted by atomic mass is 9.96. The molecule has 1 aliphatic carbocycles. The van der Waals surface area contributed by atoms with Gasteiger partial charge in [-0.25, -0.2) is 4.79 Å². The highest BCUT2D eigenvalue weighted by Crippen LogP contribution is 2.23. The largest absolute Gasteiger partial charge is 0.396 e. The Kier molecular flexibility index (Phi) is 6.10. The second-order valence-corrected chi connectivity index (χ2v) is 6.15. The van der Waals surface area contributed by atoms with Crippen LogP contribution in [0.2, 0.25) is 0 Å². The molecule has 116 valence electrons. The average molecular weight is 284 g/mol. The number of amides is 2. The van der Waals surface area contributed by atoms with Gasteiger partial charge >= 0.3 is 6.03 Å². The summed E-state index contributed by atoms with van der Waals surface area (Å²) < 4.78 is 5.59. The zero-order chi connectivity index (χ0) is 14.4. The lowest BCUT2D eigenvalue weighted by molar-refractivity contribution is 0.0854. The fourth-order valence-electron chi connectivity index (χ4n) is 3.30. The Balaban J connectivity index is 1.79. The molecular formula is C15H28N2O3. The Hall–Kier alpha value is -0.810. The second kappa shape index (κ2) is 7.84. The van der Waals surface area contributed by atoms with Gasteiger partial charge in [0.15, 0.2) is 0 Å². The highest BCUT2D eigenvalue weighted by molar-refractivity contribution is 5.74. The Morgan fingerprint density at radius 3 is 2.75 bits per heavy atom. The van der Waals surface area contributed by atoms with E-state index in [4.69, 9.17) is 4.74 Å². The highest BCUT2D eigenvalue weighted by atomic mass is 16.5. The van der Waals surface area contributed by atoms with Gasteiger partial charge < -0.3 is 20.5 Å². The molecule has 4 unspecified atom stereocenters. The fraction of sp³-hybridized carbons (Fsp3) is 0.933. The number of rotatable bonds is 4. The number of nitrogens with one attached hydrogen (secondary N) is 2. The van der Waals surface area contributed by atoms with Crippen LogP contribution in [-0.2, 0) is 4.74 Å². The summed E-state index contributed by atoms with van der Waals surface area (Å²) in [6, 6.07) is 0.00778. The number of hydrogen-bond donors (Lipinski definition) is 3. The molecule has 3 N–H and O–H groups in total. The van der Waals surface area contributed by atoms with E-state index in [1.807, 2.05) is 6.92 Å². The first kappa shape index (κ1) is 15.6. The van der Waals surface area contributed by atoms with Crippen molar-refractivity contribution >= 4 is 6.03 Å². The van der Waals surface area contributed by atoms with E-state index in [9.17, 15) is 9.90 Å². The number of aliphatic hydroxyl groups is 1. The molecule has 5 heteroatoms. The predicted octanol–water partition coefficient (Wildman–Crippen LogP) is 1.79. The van der Waals surface area contributed by atoms with Gasteiger partial charge in [0, 0.05) is 25.2 Å². The lowest BCUT2D eigenvalue weighted by Gasteiger charge is -2.26. The number of carbonyl (C=O) groups is 1. The zero-order valence-electron chi connectivity index (χ0n) is 12.4. The van der Waals surface area contributed by atoms with E-state index in [-0.39, 0.29) is 36.7 Å². The zero-order valence-corrected chi connectivity index (χ0v) is 12.4. The molecule has 0 bridgehead atoms. The van der Waals surface area contributed by atoms with E-state index in [1.54, 1.807) is 0 Å². The van der Waals surface area contributed by atoms with Gasteiger partial charge in [-0.05, 0) is 32.6 Å². The predicted molar refractivity (Wildman–Crippen MR) is 77.6 cm³/mol. The van der Waals surface area contributed by atoms with Gasteiger partial charge in [0.2, 0.25) is 0 Å². The first-order chi connectivity index (χ1) is 9.70. The summed E-state index contributed by atoms with van der Waals surface area (Å²) in [4.78, 5) is 12.1. The van der Waals surface area contributed by atoms with Crippen molar-refractivity contribution in [1.29, 1.82) is 0 Å². The number of carbonyl (C=O) groups excluding carboxylic acids is 1. The molecule has 2 fully saturated rings. The van der Waals surface area contributed by atoms with Crippen molar-refractivity contribution in [2.24, 2.45) is 5.92 Å². The van der Waals surface area contributed by atoms with Crippen LogP contribution in [0.25, 0.3) is 0 Å². The van der Waals surface area contributed by atoms with Crippen molar-refractivity contribution < 1.29 is 14.6 Å². The summed E-state index contributed by atoms with van der Waals surface area (Å²) in [5.74, 6) is 0.196. The molecule has 1 saturated carbocycles. The van der Waals surface area contributed by atoms with Crippen LogP contribution in [0.1, 0.15) is 51.9 Å². The van der Waals surface area contributed by atoms with E-state index in [2.05, 4.69) is 10.6 Å². The minimum absolute atomic E-state index is 0.0378. The molecule has 0 aromatic heterocycles. The van der Waals surface area contributed by atoms with Crippen molar-refractivity contribution in [2.75, 3.05) is 13.2 Å². The first-order valence-electron chi connectivity index (χ1n) is 8.00. The standard InChI is InChI=1S/C15H28N2O3/c1-11(14-8-5-9-20-14)16-15(19)17-13-7-4-2-3-6-12(13)10-18/h11-14,18H,2-10H2,1H3,(H2,16,17,19). The molecule has 2 rings (SSSR count).